The molecule has 0 radical (unpaired) electrons. The van der Waals surface area contributed by atoms with Crippen LogP contribution in [0.25, 0.3) is 11.5 Å². The van der Waals surface area contributed by atoms with Gasteiger partial charge in [0.15, 0.2) is 0 Å². The van der Waals surface area contributed by atoms with Crippen LogP contribution in [0.5, 0.6) is 6.08 Å². The van der Waals surface area contributed by atoms with Crippen LogP contribution in [0.3, 0.4) is 0 Å². The van der Waals surface area contributed by atoms with Crippen LogP contribution in [0.1, 0.15) is 12.8 Å². The highest BCUT2D eigenvalue weighted by molar-refractivity contribution is 5.51. The van der Waals surface area contributed by atoms with E-state index in [4.69, 9.17) is 13.9 Å². The van der Waals surface area contributed by atoms with Gasteiger partial charge in [0, 0.05) is 12.2 Å². The Labute approximate surface area is 105 Å². The van der Waals surface area contributed by atoms with Gasteiger partial charge in [0.05, 0.1) is 6.10 Å². The van der Waals surface area contributed by atoms with Gasteiger partial charge < -0.3 is 13.9 Å². The molecule has 0 bridgehead atoms. The maximum atomic E-state index is 5.45. The number of nitrogens with zero attached hydrogens (tertiary/aromatic N) is 2. The van der Waals surface area contributed by atoms with E-state index < -0.39 is 0 Å². The monoisotopic (exact) mass is 246 g/mol. The zero-order valence-corrected chi connectivity index (χ0v) is 9.91. The molecule has 0 N–H and O–H groups in total. The third-order valence-corrected chi connectivity index (χ3v) is 2.84. The van der Waals surface area contributed by atoms with E-state index in [9.17, 15) is 0 Å². The molecule has 1 saturated heterocycles. The second kappa shape index (κ2) is 5.18. The summed E-state index contributed by atoms with van der Waals surface area (Å²) in [6.45, 7) is 1.28. The highest BCUT2D eigenvalue weighted by Crippen LogP contribution is 2.21. The Morgan fingerprint density at radius 1 is 1.22 bits per heavy atom. The van der Waals surface area contributed by atoms with Gasteiger partial charge in [-0.3, -0.25) is 0 Å². The van der Waals surface area contributed by atoms with Crippen LogP contribution in [0, 0.1) is 0 Å². The summed E-state index contributed by atoms with van der Waals surface area (Å²) in [6, 6.07) is 9.61. The summed E-state index contributed by atoms with van der Waals surface area (Å²) in [7, 11) is 0. The van der Waals surface area contributed by atoms with Crippen LogP contribution < -0.4 is 4.74 Å². The fourth-order valence-electron chi connectivity index (χ4n) is 1.91. The Hall–Kier alpha value is -1.88. The van der Waals surface area contributed by atoms with E-state index in [0.29, 0.717) is 12.5 Å². The second-order valence-corrected chi connectivity index (χ2v) is 4.19. The Balaban J connectivity index is 1.63. The molecule has 1 aromatic carbocycles. The first-order chi connectivity index (χ1) is 8.92. The molecule has 1 fully saturated rings. The first-order valence-corrected chi connectivity index (χ1v) is 6.05. The lowest BCUT2D eigenvalue weighted by atomic mass is 10.2. The molecule has 0 unspecified atom stereocenters. The summed E-state index contributed by atoms with van der Waals surface area (Å²) in [5.74, 6) is 0.470. The van der Waals surface area contributed by atoms with E-state index >= 15 is 0 Å². The maximum Gasteiger partial charge on any atom is 0.415 e. The van der Waals surface area contributed by atoms with Crippen molar-refractivity contribution in [2.75, 3.05) is 13.2 Å². The zero-order chi connectivity index (χ0) is 12.2. The predicted molar refractivity (Wildman–Crippen MR) is 64.2 cm³/mol. The maximum absolute atomic E-state index is 5.45. The minimum atomic E-state index is 0.150. The summed E-state index contributed by atoms with van der Waals surface area (Å²) >= 11 is 0. The largest absolute Gasteiger partial charge is 0.446 e. The van der Waals surface area contributed by atoms with Crippen molar-refractivity contribution in [3.05, 3.63) is 30.3 Å². The predicted octanol–water partition coefficient (Wildman–Crippen LogP) is 2.29. The third kappa shape index (κ3) is 2.51. The molecule has 1 aliphatic rings. The first-order valence-electron chi connectivity index (χ1n) is 6.05. The second-order valence-electron chi connectivity index (χ2n) is 4.19. The van der Waals surface area contributed by atoms with Crippen molar-refractivity contribution in [2.45, 2.75) is 18.9 Å². The molecular formula is C13H14N2O3. The molecule has 5 heteroatoms. The van der Waals surface area contributed by atoms with E-state index in [1.54, 1.807) is 0 Å². The molecule has 0 aliphatic carbocycles. The molecule has 94 valence electrons. The molecule has 0 saturated carbocycles. The van der Waals surface area contributed by atoms with Gasteiger partial charge in [0.1, 0.15) is 6.61 Å². The van der Waals surface area contributed by atoms with Crippen LogP contribution in [-0.4, -0.2) is 29.5 Å². The molecule has 0 amide bonds. The SMILES string of the molecule is c1ccc(-c2nnc(OC[C@H]3CCCO3)o2)cc1. The average Bonchev–Trinajstić information content (AvgIpc) is 3.09. The molecule has 2 heterocycles. The molecule has 1 aliphatic heterocycles. The molecule has 3 rings (SSSR count). The van der Waals surface area contributed by atoms with Crippen molar-refractivity contribution < 1.29 is 13.9 Å². The standard InChI is InChI=1S/C13H14N2O3/c1-2-5-10(6-3-1)12-14-15-13(18-12)17-9-11-7-4-8-16-11/h1-3,5-6,11H,4,7-9H2/t11-/m1/s1. The smallest absolute Gasteiger partial charge is 0.415 e. The number of aromatic nitrogens is 2. The quantitative estimate of drug-likeness (QED) is 0.828. The fourth-order valence-corrected chi connectivity index (χ4v) is 1.91. The Morgan fingerprint density at radius 3 is 2.89 bits per heavy atom. The Kier molecular flexibility index (Phi) is 3.23. The number of rotatable bonds is 4. The van der Waals surface area contributed by atoms with Crippen molar-refractivity contribution in [3.8, 4) is 17.5 Å². The van der Waals surface area contributed by atoms with Crippen LogP contribution >= 0.6 is 0 Å². The molecule has 18 heavy (non-hydrogen) atoms. The van der Waals surface area contributed by atoms with E-state index in [2.05, 4.69) is 10.2 Å². The Bertz CT molecular complexity index is 492. The highest BCUT2D eigenvalue weighted by Gasteiger charge is 2.17. The molecule has 0 spiro atoms. The van der Waals surface area contributed by atoms with Crippen LogP contribution in [0.15, 0.2) is 34.7 Å². The van der Waals surface area contributed by atoms with Crippen LogP contribution in [-0.2, 0) is 4.74 Å². The van der Waals surface area contributed by atoms with Crippen molar-refractivity contribution in [1.29, 1.82) is 0 Å². The normalized spacial score (nSPS) is 19.0. The van der Waals surface area contributed by atoms with E-state index in [0.717, 1.165) is 25.0 Å². The lowest BCUT2D eigenvalue weighted by molar-refractivity contribution is 0.0567. The van der Waals surface area contributed by atoms with Crippen molar-refractivity contribution in [1.82, 2.24) is 10.2 Å². The lowest BCUT2D eigenvalue weighted by Crippen LogP contribution is -2.16. The summed E-state index contributed by atoms with van der Waals surface area (Å²) in [4.78, 5) is 0. The first kappa shape index (κ1) is 11.2. The molecule has 2 aromatic rings. The topological polar surface area (TPSA) is 57.4 Å². The van der Waals surface area contributed by atoms with Crippen molar-refractivity contribution in [3.63, 3.8) is 0 Å². The summed E-state index contributed by atoms with van der Waals surface area (Å²) in [6.07, 6.45) is 2.47. The van der Waals surface area contributed by atoms with Gasteiger partial charge in [-0.1, -0.05) is 23.3 Å². The van der Waals surface area contributed by atoms with Crippen molar-refractivity contribution >= 4 is 0 Å². The van der Waals surface area contributed by atoms with Gasteiger partial charge in [-0.05, 0) is 25.0 Å². The van der Waals surface area contributed by atoms with Crippen LogP contribution in [0.4, 0.5) is 0 Å². The van der Waals surface area contributed by atoms with Gasteiger partial charge in [0.2, 0.25) is 0 Å². The van der Waals surface area contributed by atoms with E-state index in [-0.39, 0.29) is 12.2 Å². The van der Waals surface area contributed by atoms with Crippen LogP contribution in [0.2, 0.25) is 0 Å². The molecule has 1 aromatic heterocycles. The molecular weight excluding hydrogens is 232 g/mol. The average molecular weight is 246 g/mol. The van der Waals surface area contributed by atoms with Gasteiger partial charge in [-0.15, -0.1) is 5.10 Å². The van der Waals surface area contributed by atoms with Gasteiger partial charge >= 0.3 is 6.08 Å². The minimum absolute atomic E-state index is 0.150. The molecule has 1 atom stereocenters. The number of benzene rings is 1. The zero-order valence-electron chi connectivity index (χ0n) is 9.91. The third-order valence-electron chi connectivity index (χ3n) is 2.84. The highest BCUT2D eigenvalue weighted by atomic mass is 16.6. The van der Waals surface area contributed by atoms with E-state index in [1.165, 1.54) is 0 Å². The fraction of sp³-hybridized carbons (Fsp3) is 0.385. The lowest BCUT2D eigenvalue weighted by Gasteiger charge is -2.07. The van der Waals surface area contributed by atoms with Gasteiger partial charge in [-0.2, -0.15) is 0 Å². The molecule has 5 nitrogen and oxygen atoms in total. The minimum Gasteiger partial charge on any atom is -0.446 e. The summed E-state index contributed by atoms with van der Waals surface area (Å²) < 4.78 is 16.3. The van der Waals surface area contributed by atoms with Crippen molar-refractivity contribution in [2.24, 2.45) is 0 Å². The number of ether oxygens (including phenoxy) is 2. The number of hydrogen-bond donors (Lipinski definition) is 0. The Morgan fingerprint density at radius 2 is 2.11 bits per heavy atom. The summed E-state index contributed by atoms with van der Waals surface area (Å²) in [5.41, 5.74) is 0.886. The van der Waals surface area contributed by atoms with Gasteiger partial charge in [-0.25, -0.2) is 0 Å². The van der Waals surface area contributed by atoms with Gasteiger partial charge in [0.25, 0.3) is 5.89 Å². The van der Waals surface area contributed by atoms with E-state index in [1.807, 2.05) is 30.3 Å². The number of hydrogen-bond acceptors (Lipinski definition) is 5. The summed E-state index contributed by atoms with van der Waals surface area (Å²) in [5, 5.41) is 7.81.